The van der Waals surface area contributed by atoms with Crippen molar-refractivity contribution in [3.05, 3.63) is 88.0 Å². The number of pyridine rings is 1. The van der Waals surface area contributed by atoms with E-state index in [1.807, 2.05) is 6.92 Å². The third-order valence-corrected chi connectivity index (χ3v) is 6.42. The number of aromatic nitrogens is 1. The number of anilines is 1. The summed E-state index contributed by atoms with van der Waals surface area (Å²) in [4.78, 5) is 28.8. The van der Waals surface area contributed by atoms with Gasteiger partial charge >= 0.3 is 12.1 Å². The quantitative estimate of drug-likeness (QED) is 0.512. The zero-order chi connectivity index (χ0) is 27.6. The molecule has 0 aliphatic carbocycles. The topological polar surface area (TPSA) is 130 Å². The molecule has 38 heavy (non-hydrogen) atoms. The molecule has 3 heterocycles. The van der Waals surface area contributed by atoms with Crippen molar-refractivity contribution in [3.63, 3.8) is 0 Å². The predicted molar refractivity (Wildman–Crippen MR) is 134 cm³/mol. The summed E-state index contributed by atoms with van der Waals surface area (Å²) >= 11 is 0. The van der Waals surface area contributed by atoms with E-state index in [0.29, 0.717) is 47.1 Å². The lowest BCUT2D eigenvalue weighted by atomic mass is 9.86. The second-order valence-corrected chi connectivity index (χ2v) is 9.16. The average molecular weight is 529 g/mol. The molecule has 5 N–H and O–H groups in total. The van der Waals surface area contributed by atoms with Crippen LogP contribution < -0.4 is 16.8 Å². The van der Waals surface area contributed by atoms with E-state index in [1.54, 1.807) is 37.3 Å². The number of allylic oxidation sites excluding steroid dienone is 3. The number of amides is 1. The number of aryl methyl sites for hydroxylation is 1. The van der Waals surface area contributed by atoms with Crippen LogP contribution in [-0.4, -0.2) is 36.2 Å². The summed E-state index contributed by atoms with van der Waals surface area (Å²) in [7, 11) is 0. The third-order valence-electron chi connectivity index (χ3n) is 6.42. The Morgan fingerprint density at radius 2 is 1.89 bits per heavy atom. The molecule has 0 bridgehead atoms. The number of alkyl halides is 3. The van der Waals surface area contributed by atoms with Crippen molar-refractivity contribution in [2.45, 2.75) is 32.5 Å². The van der Waals surface area contributed by atoms with Gasteiger partial charge in [-0.2, -0.15) is 13.2 Å². The summed E-state index contributed by atoms with van der Waals surface area (Å²) in [5, 5.41) is 2.63. The molecule has 1 saturated heterocycles. The van der Waals surface area contributed by atoms with Crippen molar-refractivity contribution >= 4 is 23.1 Å². The van der Waals surface area contributed by atoms with Gasteiger partial charge in [0.1, 0.15) is 11.8 Å². The maximum Gasteiger partial charge on any atom is 0.433 e. The highest BCUT2D eigenvalue weighted by Crippen LogP contribution is 2.34. The molecule has 0 saturated carbocycles. The van der Waals surface area contributed by atoms with Crippen LogP contribution in [0, 0.1) is 12.8 Å². The Hall–Kier alpha value is -4.12. The lowest BCUT2D eigenvalue weighted by molar-refractivity contribution is -0.154. The largest absolute Gasteiger partial charge is 0.456 e. The summed E-state index contributed by atoms with van der Waals surface area (Å²) in [6, 6.07) is 6.94. The smallest absolute Gasteiger partial charge is 0.433 e. The maximum absolute atomic E-state index is 13.0. The van der Waals surface area contributed by atoms with Gasteiger partial charge < -0.3 is 26.3 Å². The van der Waals surface area contributed by atoms with E-state index in [1.165, 1.54) is 6.07 Å². The number of fused-ring (bicyclic) bond motifs is 1. The molecule has 2 aromatic rings. The number of nitrogens with two attached hydrogens (primary N) is 2. The van der Waals surface area contributed by atoms with E-state index in [2.05, 4.69) is 10.3 Å². The van der Waals surface area contributed by atoms with Crippen molar-refractivity contribution in [2.75, 3.05) is 18.5 Å². The van der Waals surface area contributed by atoms with Crippen LogP contribution in [0.4, 0.5) is 18.9 Å². The zero-order valence-electron chi connectivity index (χ0n) is 20.8. The minimum Gasteiger partial charge on any atom is -0.456 e. The van der Waals surface area contributed by atoms with Crippen LogP contribution >= 0.6 is 0 Å². The molecule has 1 amide bonds. The van der Waals surface area contributed by atoms with E-state index >= 15 is 0 Å². The van der Waals surface area contributed by atoms with Crippen molar-refractivity contribution in [1.82, 2.24) is 4.98 Å². The van der Waals surface area contributed by atoms with Crippen LogP contribution in [0.5, 0.6) is 0 Å². The molecule has 2 aliphatic rings. The van der Waals surface area contributed by atoms with Crippen LogP contribution in [0.3, 0.4) is 0 Å². The molecule has 11 heteroatoms. The number of nitrogens with zero attached hydrogens (tertiary/aromatic N) is 1. The molecule has 0 spiro atoms. The first-order chi connectivity index (χ1) is 17.9. The van der Waals surface area contributed by atoms with Gasteiger partial charge in [0.25, 0.3) is 5.91 Å². The second kappa shape index (κ2) is 10.7. The molecular weight excluding hydrogens is 501 g/mol. The Morgan fingerprint density at radius 3 is 2.61 bits per heavy atom. The van der Waals surface area contributed by atoms with Crippen molar-refractivity contribution in [3.8, 4) is 0 Å². The van der Waals surface area contributed by atoms with Crippen LogP contribution in [0.1, 0.15) is 40.5 Å². The predicted octanol–water partition coefficient (Wildman–Crippen LogP) is 4.08. The summed E-state index contributed by atoms with van der Waals surface area (Å²) < 4.78 is 50.3. The number of ether oxygens (including phenoxy) is 2. The van der Waals surface area contributed by atoms with Gasteiger partial charge in [0, 0.05) is 35.5 Å². The first-order valence-electron chi connectivity index (χ1n) is 11.8. The van der Waals surface area contributed by atoms with Crippen LogP contribution in [0.2, 0.25) is 0 Å². The fourth-order valence-corrected chi connectivity index (χ4v) is 4.42. The van der Waals surface area contributed by atoms with Gasteiger partial charge in [-0.1, -0.05) is 6.07 Å². The Kier molecular flexibility index (Phi) is 7.58. The number of carbonyl (C=O) groups excluding carboxylic acids is 2. The van der Waals surface area contributed by atoms with Crippen LogP contribution in [0.15, 0.2) is 65.6 Å². The van der Waals surface area contributed by atoms with E-state index in [4.69, 9.17) is 20.9 Å². The van der Waals surface area contributed by atoms with Crippen LogP contribution in [-0.2, 0) is 20.4 Å². The highest BCUT2D eigenvalue weighted by molar-refractivity contribution is 6.04. The molecule has 8 nitrogen and oxygen atoms in total. The number of nitrogens with one attached hydrogen (secondary N) is 1. The standard InChI is InChI=1S/C27H27F3N4O4/c1-14-3-4-18(34-25(35)16-5-7-33-23(11-16)27(28,29)30)12-20(14)17-9-15(2)26(36)38-22-13-37-8-6-19(22)21(10-17)24(31)32/h3-5,7,9-12,19,22H,6,8,13,31-32H2,1-2H3,(H,34,35)/b15-9+,17-10+. The number of halogens is 3. The maximum atomic E-state index is 13.0. The lowest BCUT2D eigenvalue weighted by Gasteiger charge is -2.32. The minimum absolute atomic E-state index is 0.0867. The molecular formula is C27H27F3N4O4. The van der Waals surface area contributed by atoms with Gasteiger partial charge in [0.15, 0.2) is 0 Å². The highest BCUT2D eigenvalue weighted by Gasteiger charge is 2.34. The van der Waals surface area contributed by atoms with Crippen LogP contribution in [0.25, 0.3) is 5.57 Å². The van der Waals surface area contributed by atoms with Gasteiger partial charge in [-0.15, -0.1) is 0 Å². The van der Waals surface area contributed by atoms with E-state index in [-0.39, 0.29) is 23.9 Å². The molecule has 1 aromatic carbocycles. The zero-order valence-corrected chi connectivity index (χ0v) is 20.8. The molecule has 2 atom stereocenters. The number of esters is 1. The molecule has 2 aliphatic heterocycles. The number of carbonyl (C=O) groups is 2. The third kappa shape index (κ3) is 5.88. The second-order valence-electron chi connectivity index (χ2n) is 9.16. The molecule has 1 aromatic heterocycles. The lowest BCUT2D eigenvalue weighted by Crippen LogP contribution is -2.38. The summed E-state index contributed by atoms with van der Waals surface area (Å²) in [5.41, 5.74) is 14.1. The normalized spacial score (nSPS) is 22.9. The van der Waals surface area contributed by atoms with Gasteiger partial charge in [-0.05, 0) is 79.0 Å². The van der Waals surface area contributed by atoms with Crippen molar-refractivity contribution < 1.29 is 32.2 Å². The first kappa shape index (κ1) is 26.9. The van der Waals surface area contributed by atoms with E-state index in [9.17, 15) is 22.8 Å². The Balaban J connectivity index is 1.73. The van der Waals surface area contributed by atoms with Crippen molar-refractivity contribution in [2.24, 2.45) is 17.4 Å². The Labute approximate surface area is 217 Å². The van der Waals surface area contributed by atoms with E-state index < -0.39 is 29.9 Å². The number of hydrogen-bond acceptors (Lipinski definition) is 7. The first-order valence-corrected chi connectivity index (χ1v) is 11.8. The number of benzene rings is 1. The van der Waals surface area contributed by atoms with E-state index in [0.717, 1.165) is 11.8 Å². The fraction of sp³-hybridized carbons (Fsp3) is 0.296. The van der Waals surface area contributed by atoms with Gasteiger partial charge in [-0.3, -0.25) is 9.78 Å². The fourth-order valence-electron chi connectivity index (χ4n) is 4.42. The monoisotopic (exact) mass is 528 g/mol. The molecule has 0 radical (unpaired) electrons. The molecule has 2 unspecified atom stereocenters. The highest BCUT2D eigenvalue weighted by atomic mass is 19.4. The van der Waals surface area contributed by atoms with Crippen molar-refractivity contribution in [1.29, 1.82) is 0 Å². The summed E-state index contributed by atoms with van der Waals surface area (Å²) in [5.74, 6) is -1.43. The van der Waals surface area contributed by atoms with Gasteiger partial charge in [0.05, 0.1) is 12.4 Å². The Bertz CT molecular complexity index is 1360. The summed E-state index contributed by atoms with van der Waals surface area (Å²) in [6.45, 7) is 4.14. The van der Waals surface area contributed by atoms with Gasteiger partial charge in [0.2, 0.25) is 0 Å². The molecule has 1 fully saturated rings. The number of rotatable bonds is 3. The summed E-state index contributed by atoms with van der Waals surface area (Å²) in [6.07, 6.45) is -0.300. The SMILES string of the molecule is C/C1=C\C(c2cc(NC(=O)c3ccnc(C(F)(F)F)c3)ccc2C)=C/C(=C(N)N)C2CCOCC2OC1=O. The van der Waals surface area contributed by atoms with Gasteiger partial charge in [-0.25, -0.2) is 4.79 Å². The molecule has 4 rings (SSSR count). The average Bonchev–Trinajstić information content (AvgIpc) is 2.92. The Morgan fingerprint density at radius 1 is 1.13 bits per heavy atom. The minimum atomic E-state index is -4.68. The number of hydrogen-bond donors (Lipinski definition) is 3. The molecule has 200 valence electrons.